The molecule has 0 spiro atoms. The first-order chi connectivity index (χ1) is 13.7. The van der Waals surface area contributed by atoms with Gasteiger partial charge in [-0.2, -0.15) is 0 Å². The summed E-state index contributed by atoms with van der Waals surface area (Å²) >= 11 is 0. The second-order valence-electron chi connectivity index (χ2n) is 6.64. The number of anilines is 1. The molecule has 0 bridgehead atoms. The van der Waals surface area contributed by atoms with E-state index in [2.05, 4.69) is 22.2 Å². The van der Waals surface area contributed by atoms with Gasteiger partial charge in [-0.3, -0.25) is 14.6 Å². The number of aryl methyl sites for hydroxylation is 2. The van der Waals surface area contributed by atoms with Gasteiger partial charge in [0.25, 0.3) is 5.56 Å². The van der Waals surface area contributed by atoms with Crippen molar-refractivity contribution in [3.63, 3.8) is 0 Å². The molecule has 0 fully saturated rings. The van der Waals surface area contributed by atoms with E-state index in [9.17, 15) is 9.59 Å². The number of fused-ring (bicyclic) bond motifs is 3. The summed E-state index contributed by atoms with van der Waals surface area (Å²) in [4.78, 5) is 33.5. The van der Waals surface area contributed by atoms with Crippen LogP contribution in [0, 0.1) is 0 Å². The number of hydrogen-bond donors (Lipinski definition) is 1. The van der Waals surface area contributed by atoms with E-state index < -0.39 is 0 Å². The number of pyridine rings is 2. The van der Waals surface area contributed by atoms with Gasteiger partial charge in [0.05, 0.1) is 17.2 Å². The van der Waals surface area contributed by atoms with Crippen LogP contribution in [0.2, 0.25) is 0 Å². The maximum Gasteiger partial charge on any atom is 0.275 e. The molecule has 1 amide bonds. The summed E-state index contributed by atoms with van der Waals surface area (Å²) in [6.07, 6.45) is 8.81. The summed E-state index contributed by atoms with van der Waals surface area (Å²) in [7, 11) is 0. The molecule has 0 aliphatic heterocycles. The standard InChI is InChI=1S/C21H21N5O2/c1-2-15-7-8-19(23-13-15)24-20(27)6-4-12-26-16-9-10-22-14-18(16)25-11-3-5-17(25)21(26)28/h3,5,7-11,13-14H,2,4,6,12H2,1H3,(H,23,24,27). The zero-order chi connectivity index (χ0) is 19.5. The molecule has 7 heteroatoms. The van der Waals surface area contributed by atoms with Gasteiger partial charge in [-0.25, -0.2) is 4.98 Å². The smallest absolute Gasteiger partial charge is 0.275 e. The van der Waals surface area contributed by atoms with Crippen molar-refractivity contribution in [1.29, 1.82) is 0 Å². The van der Waals surface area contributed by atoms with Gasteiger partial charge in [0.1, 0.15) is 11.3 Å². The highest BCUT2D eigenvalue weighted by Crippen LogP contribution is 2.14. The van der Waals surface area contributed by atoms with Crippen molar-refractivity contribution in [2.75, 3.05) is 5.32 Å². The van der Waals surface area contributed by atoms with Crippen molar-refractivity contribution in [3.05, 3.63) is 71.0 Å². The maximum atomic E-state index is 12.8. The number of nitrogens with zero attached hydrogens (tertiary/aromatic N) is 4. The summed E-state index contributed by atoms with van der Waals surface area (Å²) in [5.41, 5.74) is 3.33. The second kappa shape index (κ2) is 7.64. The number of amides is 1. The summed E-state index contributed by atoms with van der Waals surface area (Å²) in [6.45, 7) is 2.51. The third-order valence-electron chi connectivity index (χ3n) is 4.83. The first kappa shape index (κ1) is 17.9. The molecule has 0 aromatic carbocycles. The van der Waals surface area contributed by atoms with Gasteiger partial charge in [0.2, 0.25) is 5.91 Å². The highest BCUT2D eigenvalue weighted by molar-refractivity contribution is 5.89. The van der Waals surface area contributed by atoms with E-state index in [1.165, 1.54) is 0 Å². The van der Waals surface area contributed by atoms with E-state index in [1.54, 1.807) is 29.2 Å². The van der Waals surface area contributed by atoms with Gasteiger partial charge < -0.3 is 14.3 Å². The average molecular weight is 375 g/mol. The van der Waals surface area contributed by atoms with Crippen molar-refractivity contribution in [1.82, 2.24) is 18.9 Å². The summed E-state index contributed by atoms with van der Waals surface area (Å²) in [5, 5.41) is 2.81. The number of nitrogens with one attached hydrogen (secondary N) is 1. The Morgan fingerprint density at radius 3 is 2.79 bits per heavy atom. The fourth-order valence-electron chi connectivity index (χ4n) is 3.34. The number of hydrogen-bond acceptors (Lipinski definition) is 4. The van der Waals surface area contributed by atoms with Crippen molar-refractivity contribution < 1.29 is 4.79 Å². The molecule has 0 atom stereocenters. The van der Waals surface area contributed by atoms with E-state index in [1.807, 2.05) is 34.9 Å². The Labute approximate surface area is 161 Å². The van der Waals surface area contributed by atoms with Gasteiger partial charge in [-0.05, 0) is 42.7 Å². The van der Waals surface area contributed by atoms with E-state index in [4.69, 9.17) is 0 Å². The van der Waals surface area contributed by atoms with Gasteiger partial charge in [-0.1, -0.05) is 13.0 Å². The summed E-state index contributed by atoms with van der Waals surface area (Å²) in [6, 6.07) is 9.23. The lowest BCUT2D eigenvalue weighted by molar-refractivity contribution is -0.116. The molecular weight excluding hydrogens is 354 g/mol. The zero-order valence-electron chi connectivity index (χ0n) is 15.6. The Hall–Kier alpha value is -3.48. The molecule has 0 aliphatic rings. The highest BCUT2D eigenvalue weighted by atomic mass is 16.1. The molecule has 0 aliphatic carbocycles. The maximum absolute atomic E-state index is 12.8. The second-order valence-corrected chi connectivity index (χ2v) is 6.64. The van der Waals surface area contributed by atoms with Crippen molar-refractivity contribution in [3.8, 4) is 0 Å². The quantitative estimate of drug-likeness (QED) is 0.562. The normalized spacial score (nSPS) is 11.2. The first-order valence-corrected chi connectivity index (χ1v) is 9.35. The minimum Gasteiger partial charge on any atom is -0.311 e. The lowest BCUT2D eigenvalue weighted by atomic mass is 10.2. The third-order valence-corrected chi connectivity index (χ3v) is 4.83. The van der Waals surface area contributed by atoms with Gasteiger partial charge in [0.15, 0.2) is 0 Å². The molecule has 1 N–H and O–H groups in total. The molecular formula is C21H21N5O2. The molecule has 4 rings (SSSR count). The van der Waals surface area contributed by atoms with Crippen LogP contribution >= 0.6 is 0 Å². The van der Waals surface area contributed by atoms with Crippen LogP contribution in [0.5, 0.6) is 0 Å². The van der Waals surface area contributed by atoms with E-state index in [-0.39, 0.29) is 11.5 Å². The predicted molar refractivity (Wildman–Crippen MR) is 108 cm³/mol. The fourth-order valence-corrected chi connectivity index (χ4v) is 3.34. The van der Waals surface area contributed by atoms with Crippen LogP contribution in [-0.4, -0.2) is 24.8 Å². The SMILES string of the molecule is CCc1ccc(NC(=O)CCCn2c(=O)c3cccn3c3cnccc32)nc1. The first-order valence-electron chi connectivity index (χ1n) is 9.35. The molecule has 4 aromatic rings. The van der Waals surface area contributed by atoms with Crippen LogP contribution in [0.3, 0.4) is 0 Å². The van der Waals surface area contributed by atoms with Crippen LogP contribution in [0.1, 0.15) is 25.3 Å². The molecule has 7 nitrogen and oxygen atoms in total. The molecule has 0 saturated heterocycles. The molecule has 4 aromatic heterocycles. The molecule has 0 radical (unpaired) electrons. The number of aromatic nitrogens is 4. The van der Waals surface area contributed by atoms with E-state index in [0.29, 0.717) is 30.7 Å². The van der Waals surface area contributed by atoms with Crippen LogP contribution < -0.4 is 10.9 Å². The van der Waals surface area contributed by atoms with Gasteiger partial charge in [0, 0.05) is 31.6 Å². The topological polar surface area (TPSA) is 81.3 Å². The van der Waals surface area contributed by atoms with Crippen molar-refractivity contribution in [2.45, 2.75) is 32.7 Å². The molecule has 28 heavy (non-hydrogen) atoms. The van der Waals surface area contributed by atoms with Crippen LogP contribution in [0.4, 0.5) is 5.82 Å². The predicted octanol–water partition coefficient (Wildman–Crippen LogP) is 3.03. The minimum absolute atomic E-state index is 0.0686. The average Bonchev–Trinajstić information content (AvgIpc) is 3.21. The number of carbonyl (C=O) groups excluding carboxylic acids is 1. The van der Waals surface area contributed by atoms with Gasteiger partial charge >= 0.3 is 0 Å². The lowest BCUT2D eigenvalue weighted by Crippen LogP contribution is -2.23. The number of rotatable bonds is 6. The zero-order valence-corrected chi connectivity index (χ0v) is 15.6. The Morgan fingerprint density at radius 1 is 1.11 bits per heavy atom. The molecule has 142 valence electrons. The fraction of sp³-hybridized carbons (Fsp3) is 0.238. The largest absolute Gasteiger partial charge is 0.311 e. The van der Waals surface area contributed by atoms with Crippen molar-refractivity contribution >= 4 is 28.3 Å². The van der Waals surface area contributed by atoms with E-state index in [0.717, 1.165) is 23.0 Å². The van der Waals surface area contributed by atoms with Crippen LogP contribution in [0.15, 0.2) is 59.9 Å². The van der Waals surface area contributed by atoms with Gasteiger partial charge in [-0.15, -0.1) is 0 Å². The van der Waals surface area contributed by atoms with Crippen LogP contribution in [-0.2, 0) is 17.8 Å². The van der Waals surface area contributed by atoms with Crippen LogP contribution in [0.25, 0.3) is 16.6 Å². The minimum atomic E-state index is -0.112. The Morgan fingerprint density at radius 2 is 2.00 bits per heavy atom. The summed E-state index contributed by atoms with van der Waals surface area (Å²) < 4.78 is 3.56. The Balaban J connectivity index is 1.48. The third kappa shape index (κ3) is 3.38. The monoisotopic (exact) mass is 375 g/mol. The highest BCUT2D eigenvalue weighted by Gasteiger charge is 2.11. The Bertz CT molecular complexity index is 1190. The van der Waals surface area contributed by atoms with E-state index >= 15 is 0 Å². The molecule has 0 unspecified atom stereocenters. The molecule has 4 heterocycles. The summed E-state index contributed by atoms with van der Waals surface area (Å²) in [5.74, 6) is 0.435. The van der Waals surface area contributed by atoms with Crippen molar-refractivity contribution in [2.24, 2.45) is 0 Å². The molecule has 0 saturated carbocycles. The Kier molecular flexibility index (Phi) is 4.89. The lowest BCUT2D eigenvalue weighted by Gasteiger charge is -2.12. The number of carbonyl (C=O) groups is 1.